The molecule has 0 unspecified atom stereocenters. The number of Topliss-reactive ketones (excluding diaryl/α,β-unsaturated/α-hetero) is 1. The van der Waals surface area contributed by atoms with Crippen LogP contribution in [0.5, 0.6) is 0 Å². The van der Waals surface area contributed by atoms with Crippen molar-refractivity contribution in [3.05, 3.63) is 83.2 Å². The lowest BCUT2D eigenvalue weighted by Gasteiger charge is -2.19. The zero-order valence-electron chi connectivity index (χ0n) is 21.2. The van der Waals surface area contributed by atoms with Crippen LogP contribution in [0.4, 0.5) is 0 Å². The quantitative estimate of drug-likeness (QED) is 0.0801. The maximum Gasteiger partial charge on any atom is 0.272 e. The lowest BCUT2D eigenvalue weighted by molar-refractivity contribution is -0.141. The van der Waals surface area contributed by atoms with Crippen LogP contribution in [0.2, 0.25) is 0 Å². The van der Waals surface area contributed by atoms with Gasteiger partial charge in [-0.15, -0.1) is 17.9 Å². The molecule has 0 saturated carbocycles. The number of benzene rings is 2. The number of ether oxygens (including phenoxy) is 2. The maximum absolute atomic E-state index is 13.7. The fourth-order valence-corrected chi connectivity index (χ4v) is 6.37. The summed E-state index contributed by atoms with van der Waals surface area (Å²) in [6.45, 7) is 9.10. The molecule has 0 N–H and O–H groups in total. The van der Waals surface area contributed by atoms with E-state index < -0.39 is 6.29 Å². The van der Waals surface area contributed by atoms with Crippen molar-refractivity contribution >= 4 is 49.2 Å². The summed E-state index contributed by atoms with van der Waals surface area (Å²) < 4.78 is 14.7. The van der Waals surface area contributed by atoms with E-state index in [2.05, 4.69) is 6.58 Å². The van der Waals surface area contributed by atoms with Gasteiger partial charge in [-0.3, -0.25) is 14.2 Å². The largest absolute Gasteiger partial charge is 0.353 e. The molecule has 0 amide bonds. The lowest BCUT2D eigenvalue weighted by Crippen LogP contribution is -2.27. The molecule has 0 bridgehead atoms. The number of ketones is 1. The Balaban J connectivity index is 1.67. The number of nitrogens with zero attached hydrogens (tertiary/aromatic N) is 2. The number of carbonyl (C=O) groups is 1. The Bertz CT molecular complexity index is 1410. The van der Waals surface area contributed by atoms with Crippen LogP contribution in [0, 0.1) is 0 Å². The van der Waals surface area contributed by atoms with Crippen LogP contribution in [-0.2, 0) is 20.8 Å². The number of hydrogen-bond acceptors (Lipinski definition) is 7. The first-order valence-corrected chi connectivity index (χ1v) is 14.3. The van der Waals surface area contributed by atoms with Crippen LogP contribution in [0.25, 0.3) is 20.3 Å². The zero-order valence-corrected chi connectivity index (χ0v) is 22.9. The number of aromatic nitrogens is 2. The Morgan fingerprint density at radius 1 is 1.11 bits per heavy atom. The molecule has 0 aliphatic heterocycles. The summed E-state index contributed by atoms with van der Waals surface area (Å²) in [4.78, 5) is 32.0. The fourth-order valence-electron chi connectivity index (χ4n) is 4.32. The number of fused-ring (bicyclic) bond motifs is 3. The lowest BCUT2D eigenvalue weighted by atomic mass is 9.92. The van der Waals surface area contributed by atoms with Gasteiger partial charge < -0.3 is 9.47 Å². The Labute approximate surface area is 225 Å². The van der Waals surface area contributed by atoms with Gasteiger partial charge in [-0.05, 0) is 31.9 Å². The number of thioether (sulfide) groups is 1. The molecule has 8 heteroatoms. The summed E-state index contributed by atoms with van der Waals surface area (Å²) in [5, 5.41) is 1.49. The number of thiophene rings is 1. The van der Waals surface area contributed by atoms with E-state index in [1.54, 1.807) is 10.6 Å². The molecule has 1 atom stereocenters. The fraction of sp³-hybridized carbons (Fsp3) is 0.345. The minimum absolute atomic E-state index is 0.0775. The molecule has 6 nitrogen and oxygen atoms in total. The second kappa shape index (κ2) is 13.1. The van der Waals surface area contributed by atoms with Crippen LogP contribution < -0.4 is 5.56 Å². The highest BCUT2D eigenvalue weighted by atomic mass is 32.2. The first-order valence-electron chi connectivity index (χ1n) is 12.5. The predicted octanol–water partition coefficient (Wildman–Crippen LogP) is 6.42. The molecular weight excluding hydrogens is 504 g/mol. The third kappa shape index (κ3) is 6.38. The Morgan fingerprint density at radius 2 is 1.81 bits per heavy atom. The Kier molecular flexibility index (Phi) is 9.68. The van der Waals surface area contributed by atoms with E-state index in [1.165, 1.54) is 23.1 Å². The normalized spacial score (nSPS) is 12.4. The van der Waals surface area contributed by atoms with Gasteiger partial charge in [-0.1, -0.05) is 66.4 Å². The topological polar surface area (TPSA) is 70.4 Å². The highest BCUT2D eigenvalue weighted by molar-refractivity contribution is 7.99. The molecule has 0 fully saturated rings. The average molecular weight is 537 g/mol. The van der Waals surface area contributed by atoms with Gasteiger partial charge in [0.05, 0.1) is 11.3 Å². The molecule has 37 heavy (non-hydrogen) atoms. The van der Waals surface area contributed by atoms with Crippen LogP contribution in [-0.4, -0.2) is 40.6 Å². The average Bonchev–Trinajstić information content (AvgIpc) is 3.29. The van der Waals surface area contributed by atoms with Gasteiger partial charge >= 0.3 is 0 Å². The standard InChI is InChI=1S/C29H32N2O4S2/c1-4-12-21(20-13-8-7-9-14-20)23(32)19-36-29-30-26-22-15-10-11-16-24(22)37-27(26)28(33)31(29)18-17-25(34-5-2)35-6-3/h4,7-11,13-16,21,25H,1,5-6,12,17-19H2,2-3H3/t21-/m1/s1. The van der Waals surface area contributed by atoms with Gasteiger partial charge in [0.15, 0.2) is 17.2 Å². The monoisotopic (exact) mass is 536 g/mol. The van der Waals surface area contributed by atoms with Crippen LogP contribution >= 0.6 is 23.1 Å². The first kappa shape index (κ1) is 27.3. The minimum atomic E-state index is -0.408. The summed E-state index contributed by atoms with van der Waals surface area (Å²) in [7, 11) is 0. The van der Waals surface area contributed by atoms with Crippen LogP contribution in [0.3, 0.4) is 0 Å². The molecular formula is C29H32N2O4S2. The van der Waals surface area contributed by atoms with Crippen molar-refractivity contribution in [2.45, 2.75) is 50.6 Å². The molecule has 0 saturated heterocycles. The van der Waals surface area contributed by atoms with Crippen molar-refractivity contribution in [2.24, 2.45) is 0 Å². The molecule has 2 aromatic carbocycles. The van der Waals surface area contributed by atoms with Crippen molar-refractivity contribution in [1.82, 2.24) is 9.55 Å². The maximum atomic E-state index is 13.7. The van der Waals surface area contributed by atoms with Gasteiger partial charge in [-0.2, -0.15) is 0 Å². The summed E-state index contributed by atoms with van der Waals surface area (Å²) >= 11 is 2.77. The third-order valence-electron chi connectivity index (χ3n) is 6.08. The highest BCUT2D eigenvalue weighted by Gasteiger charge is 2.22. The molecule has 4 aromatic rings. The van der Waals surface area contributed by atoms with E-state index in [0.29, 0.717) is 48.0 Å². The van der Waals surface area contributed by atoms with Crippen molar-refractivity contribution in [3.63, 3.8) is 0 Å². The number of hydrogen-bond donors (Lipinski definition) is 0. The van der Waals surface area contributed by atoms with Gasteiger partial charge in [-0.25, -0.2) is 4.98 Å². The van der Waals surface area contributed by atoms with Crippen LogP contribution in [0.15, 0.2) is 77.2 Å². The summed E-state index contributed by atoms with van der Waals surface area (Å²) in [6, 6.07) is 17.7. The Morgan fingerprint density at radius 3 is 2.51 bits per heavy atom. The molecule has 0 aliphatic carbocycles. The molecule has 194 valence electrons. The van der Waals surface area contributed by atoms with Crippen molar-refractivity contribution in [2.75, 3.05) is 19.0 Å². The SMILES string of the molecule is C=CC[C@@H](C(=O)CSc1nc2c(sc3ccccc32)c(=O)n1CCC(OCC)OCC)c1ccccc1. The molecule has 0 aliphatic rings. The smallest absolute Gasteiger partial charge is 0.272 e. The van der Waals surface area contributed by atoms with Crippen molar-refractivity contribution in [1.29, 1.82) is 0 Å². The van der Waals surface area contributed by atoms with Crippen molar-refractivity contribution in [3.8, 4) is 0 Å². The number of allylic oxidation sites excluding steroid dienone is 1. The van der Waals surface area contributed by atoms with Gasteiger partial charge in [0.1, 0.15) is 4.70 Å². The van der Waals surface area contributed by atoms with E-state index >= 15 is 0 Å². The summed E-state index contributed by atoms with van der Waals surface area (Å²) in [5.41, 5.74) is 1.56. The van der Waals surface area contributed by atoms with E-state index in [4.69, 9.17) is 14.5 Å². The summed E-state index contributed by atoms with van der Waals surface area (Å²) in [6.07, 6.45) is 2.43. The molecule has 2 aromatic heterocycles. The molecule has 2 heterocycles. The molecule has 0 radical (unpaired) electrons. The second-order valence-corrected chi connectivity index (χ2v) is 10.5. The first-order chi connectivity index (χ1) is 18.1. The number of carbonyl (C=O) groups excluding carboxylic acids is 1. The van der Waals surface area contributed by atoms with E-state index in [-0.39, 0.29) is 23.0 Å². The van der Waals surface area contributed by atoms with Gasteiger partial charge in [0.2, 0.25) is 0 Å². The molecule has 0 spiro atoms. The van der Waals surface area contributed by atoms with Gasteiger partial charge in [0.25, 0.3) is 5.56 Å². The highest BCUT2D eigenvalue weighted by Crippen LogP contribution is 2.32. The van der Waals surface area contributed by atoms with Crippen molar-refractivity contribution < 1.29 is 14.3 Å². The Hall–Kier alpha value is -2.78. The minimum Gasteiger partial charge on any atom is -0.353 e. The zero-order chi connectivity index (χ0) is 26.2. The number of rotatable bonds is 14. The second-order valence-electron chi connectivity index (χ2n) is 8.50. The third-order valence-corrected chi connectivity index (χ3v) is 8.22. The molecule has 4 rings (SSSR count). The summed E-state index contributed by atoms with van der Waals surface area (Å²) in [5.74, 6) is -0.000582. The van der Waals surface area contributed by atoms with Crippen LogP contribution in [0.1, 0.15) is 38.2 Å². The van der Waals surface area contributed by atoms with E-state index in [0.717, 1.165) is 15.6 Å². The predicted molar refractivity (Wildman–Crippen MR) is 153 cm³/mol. The van der Waals surface area contributed by atoms with Gasteiger partial charge in [0, 0.05) is 42.2 Å². The van der Waals surface area contributed by atoms with E-state index in [1.807, 2.05) is 68.4 Å². The van der Waals surface area contributed by atoms with E-state index in [9.17, 15) is 9.59 Å².